The minimum atomic E-state index is -0.0522. The molecule has 1 N–H and O–H groups in total. The number of carbonyl (C=O) groups is 2. The Labute approximate surface area is 117 Å². The number of hydrogen-bond donors (Lipinski definition) is 1. The summed E-state index contributed by atoms with van der Waals surface area (Å²) in [4.78, 5) is 32.9. The molecular weight excluding hydrogens is 254 g/mol. The Morgan fingerprint density at radius 1 is 1.10 bits per heavy atom. The highest BCUT2D eigenvalue weighted by Gasteiger charge is 2.23. The predicted octanol–water partition coefficient (Wildman–Crippen LogP) is 2.03. The molecule has 1 saturated heterocycles. The van der Waals surface area contributed by atoms with Crippen molar-refractivity contribution in [2.45, 2.75) is 32.1 Å². The third kappa shape index (κ3) is 2.57. The largest absolute Gasteiger partial charge is 0.342 e. The number of carbonyl (C=O) groups excluding carboxylic acids is 2. The van der Waals surface area contributed by atoms with Crippen LogP contribution < -0.4 is 0 Å². The van der Waals surface area contributed by atoms with Crippen molar-refractivity contribution in [3.63, 3.8) is 0 Å². The first-order valence-corrected chi connectivity index (χ1v) is 7.01. The molecule has 0 radical (unpaired) electrons. The number of nitrogens with one attached hydrogen (secondary N) is 1. The number of benzene rings is 1. The van der Waals surface area contributed by atoms with Crippen molar-refractivity contribution in [3.05, 3.63) is 30.1 Å². The van der Waals surface area contributed by atoms with E-state index in [0.29, 0.717) is 25.8 Å². The molecule has 5 heteroatoms. The molecule has 1 aliphatic rings. The molecule has 104 valence electrons. The number of fused-ring (bicyclic) bond motifs is 1. The van der Waals surface area contributed by atoms with E-state index >= 15 is 0 Å². The lowest BCUT2D eigenvalue weighted by Gasteiger charge is -2.17. The second-order valence-electron chi connectivity index (χ2n) is 5.10. The summed E-state index contributed by atoms with van der Waals surface area (Å²) in [5.74, 6) is 0.711. The van der Waals surface area contributed by atoms with E-state index < -0.39 is 0 Å². The van der Waals surface area contributed by atoms with Gasteiger partial charge in [-0.05, 0) is 25.0 Å². The van der Waals surface area contributed by atoms with Gasteiger partial charge in [0.05, 0.1) is 11.0 Å². The number of imidazole rings is 1. The van der Waals surface area contributed by atoms with Gasteiger partial charge in [-0.25, -0.2) is 4.98 Å². The Hall–Kier alpha value is -2.17. The van der Waals surface area contributed by atoms with Gasteiger partial charge >= 0.3 is 0 Å². The normalized spacial score (nSPS) is 16.7. The lowest BCUT2D eigenvalue weighted by atomic mass is 10.2. The fourth-order valence-corrected chi connectivity index (χ4v) is 2.55. The molecular formula is C15H17N3O2. The van der Waals surface area contributed by atoms with E-state index in [1.165, 1.54) is 4.90 Å². The van der Waals surface area contributed by atoms with Crippen LogP contribution >= 0.6 is 0 Å². The number of aromatic nitrogens is 2. The van der Waals surface area contributed by atoms with Crippen LogP contribution in [0.3, 0.4) is 0 Å². The molecule has 0 saturated carbocycles. The van der Waals surface area contributed by atoms with E-state index in [4.69, 9.17) is 0 Å². The number of nitrogens with zero attached hydrogens (tertiary/aromatic N) is 2. The van der Waals surface area contributed by atoms with Gasteiger partial charge in [0.25, 0.3) is 0 Å². The average molecular weight is 271 g/mol. The fourth-order valence-electron chi connectivity index (χ4n) is 2.55. The molecule has 5 nitrogen and oxygen atoms in total. The highest BCUT2D eigenvalue weighted by Crippen LogP contribution is 2.14. The van der Waals surface area contributed by atoms with Crippen molar-refractivity contribution >= 4 is 22.8 Å². The lowest BCUT2D eigenvalue weighted by Crippen LogP contribution is -2.36. The molecule has 2 aromatic rings. The van der Waals surface area contributed by atoms with E-state index in [1.807, 2.05) is 24.3 Å². The van der Waals surface area contributed by atoms with Crippen LogP contribution in [0.4, 0.5) is 0 Å². The first kappa shape index (κ1) is 12.8. The Kier molecular flexibility index (Phi) is 3.50. The molecule has 3 rings (SSSR count). The molecule has 2 amide bonds. The van der Waals surface area contributed by atoms with Crippen molar-refractivity contribution < 1.29 is 9.59 Å². The third-order valence-corrected chi connectivity index (χ3v) is 3.64. The molecule has 0 aliphatic carbocycles. The molecule has 0 bridgehead atoms. The van der Waals surface area contributed by atoms with Gasteiger partial charge in [-0.2, -0.15) is 0 Å². The summed E-state index contributed by atoms with van der Waals surface area (Å²) >= 11 is 0. The van der Waals surface area contributed by atoms with Gasteiger partial charge in [0.1, 0.15) is 5.82 Å². The van der Waals surface area contributed by atoms with Crippen molar-refractivity contribution in [2.75, 3.05) is 6.54 Å². The van der Waals surface area contributed by atoms with E-state index in [0.717, 1.165) is 29.7 Å². The summed E-state index contributed by atoms with van der Waals surface area (Å²) in [5, 5.41) is 0. The number of rotatable bonds is 3. The van der Waals surface area contributed by atoms with Gasteiger partial charge in [-0.3, -0.25) is 14.5 Å². The summed E-state index contributed by atoms with van der Waals surface area (Å²) in [7, 11) is 0. The molecule has 0 atom stereocenters. The molecule has 1 aromatic carbocycles. The van der Waals surface area contributed by atoms with Gasteiger partial charge in [0, 0.05) is 25.8 Å². The van der Waals surface area contributed by atoms with Crippen LogP contribution in [0.25, 0.3) is 11.0 Å². The average Bonchev–Trinajstić information content (AvgIpc) is 2.79. The first-order chi connectivity index (χ1) is 9.74. The van der Waals surface area contributed by atoms with Gasteiger partial charge in [0.2, 0.25) is 11.8 Å². The number of para-hydroxylation sites is 2. The van der Waals surface area contributed by atoms with Crippen molar-refractivity contribution in [1.29, 1.82) is 0 Å². The Morgan fingerprint density at radius 2 is 1.80 bits per heavy atom. The summed E-state index contributed by atoms with van der Waals surface area (Å²) in [6.07, 6.45) is 3.15. The van der Waals surface area contributed by atoms with Crippen LogP contribution in [0.15, 0.2) is 24.3 Å². The molecule has 1 fully saturated rings. The number of hydrogen-bond acceptors (Lipinski definition) is 3. The van der Waals surface area contributed by atoms with Crippen molar-refractivity contribution in [1.82, 2.24) is 14.9 Å². The molecule has 0 spiro atoms. The summed E-state index contributed by atoms with van der Waals surface area (Å²) in [6, 6.07) is 7.80. The zero-order valence-corrected chi connectivity index (χ0v) is 11.3. The fraction of sp³-hybridized carbons (Fsp3) is 0.400. The maximum atomic E-state index is 11.9. The van der Waals surface area contributed by atoms with E-state index in [1.54, 1.807) is 0 Å². The van der Waals surface area contributed by atoms with Crippen LogP contribution in [-0.4, -0.2) is 33.2 Å². The van der Waals surface area contributed by atoms with Gasteiger partial charge in [-0.15, -0.1) is 0 Å². The van der Waals surface area contributed by atoms with Gasteiger partial charge in [0.15, 0.2) is 0 Å². The summed E-state index contributed by atoms with van der Waals surface area (Å²) in [5.41, 5.74) is 1.90. The molecule has 2 heterocycles. The van der Waals surface area contributed by atoms with Crippen molar-refractivity contribution in [3.8, 4) is 0 Å². The molecule has 1 aromatic heterocycles. The van der Waals surface area contributed by atoms with Crippen LogP contribution in [-0.2, 0) is 16.0 Å². The molecule has 0 unspecified atom stereocenters. The second-order valence-corrected chi connectivity index (χ2v) is 5.10. The zero-order valence-electron chi connectivity index (χ0n) is 11.3. The quantitative estimate of drug-likeness (QED) is 0.869. The highest BCUT2D eigenvalue weighted by molar-refractivity contribution is 5.96. The number of amides is 2. The standard InChI is InChI=1S/C15H17N3O2/c19-14-7-3-4-8-15(20)18(14)10-9-13-16-11-5-1-2-6-12(11)17-13/h1-2,5-6H,3-4,7-10H2,(H,16,17). The van der Waals surface area contributed by atoms with Gasteiger partial charge < -0.3 is 4.98 Å². The molecule has 1 aliphatic heterocycles. The third-order valence-electron chi connectivity index (χ3n) is 3.64. The number of H-pyrrole nitrogens is 1. The minimum absolute atomic E-state index is 0.0522. The zero-order chi connectivity index (χ0) is 13.9. The number of imide groups is 1. The monoisotopic (exact) mass is 271 g/mol. The number of aromatic amines is 1. The Balaban J connectivity index is 1.71. The van der Waals surface area contributed by atoms with Gasteiger partial charge in [-0.1, -0.05) is 12.1 Å². The van der Waals surface area contributed by atoms with Crippen LogP contribution in [0.5, 0.6) is 0 Å². The maximum absolute atomic E-state index is 11.9. The smallest absolute Gasteiger partial charge is 0.229 e. The Bertz CT molecular complexity index is 596. The van der Waals surface area contributed by atoms with E-state index in [-0.39, 0.29) is 11.8 Å². The summed E-state index contributed by atoms with van der Waals surface area (Å²) < 4.78 is 0. The van der Waals surface area contributed by atoms with Crippen molar-refractivity contribution in [2.24, 2.45) is 0 Å². The number of likely N-dealkylation sites (tertiary alicyclic amines) is 1. The van der Waals surface area contributed by atoms with Crippen LogP contribution in [0.1, 0.15) is 31.5 Å². The Morgan fingerprint density at radius 3 is 2.50 bits per heavy atom. The second kappa shape index (κ2) is 5.45. The SMILES string of the molecule is O=C1CCCCC(=O)N1CCc1nc2ccccc2[nH]1. The molecule has 20 heavy (non-hydrogen) atoms. The topological polar surface area (TPSA) is 66.1 Å². The van der Waals surface area contributed by atoms with Crippen LogP contribution in [0, 0.1) is 0 Å². The summed E-state index contributed by atoms with van der Waals surface area (Å²) in [6.45, 7) is 0.414. The predicted molar refractivity (Wildman–Crippen MR) is 75.0 cm³/mol. The minimum Gasteiger partial charge on any atom is -0.342 e. The van der Waals surface area contributed by atoms with E-state index in [2.05, 4.69) is 9.97 Å². The van der Waals surface area contributed by atoms with E-state index in [9.17, 15) is 9.59 Å². The van der Waals surface area contributed by atoms with Crippen LogP contribution in [0.2, 0.25) is 0 Å². The lowest BCUT2D eigenvalue weighted by molar-refractivity contribution is -0.143. The first-order valence-electron chi connectivity index (χ1n) is 7.01. The maximum Gasteiger partial charge on any atom is 0.229 e. The highest BCUT2D eigenvalue weighted by atomic mass is 16.2.